The van der Waals surface area contributed by atoms with Gasteiger partial charge in [-0.05, 0) is 55.2 Å². The molecule has 0 unspecified atom stereocenters. The molecule has 3 aromatic rings. The van der Waals surface area contributed by atoms with Crippen LogP contribution in [0.25, 0.3) is 0 Å². The van der Waals surface area contributed by atoms with Crippen LogP contribution in [-0.2, 0) is 24.4 Å². The number of ether oxygens (including phenoxy) is 1. The number of benzene rings is 2. The number of allylic oxidation sites excluding steroid dienone is 1. The zero-order valence-corrected chi connectivity index (χ0v) is 20.1. The van der Waals surface area contributed by atoms with Crippen LogP contribution in [0, 0.1) is 13.8 Å². The third-order valence-electron chi connectivity index (χ3n) is 4.94. The summed E-state index contributed by atoms with van der Waals surface area (Å²) in [6.45, 7) is 10.6. The smallest absolute Gasteiger partial charge is 0.234 e. The Morgan fingerprint density at radius 1 is 1.25 bits per heavy atom. The molecule has 1 heterocycles. The Bertz CT molecular complexity index is 1110. The molecule has 0 atom stereocenters. The summed E-state index contributed by atoms with van der Waals surface area (Å²) < 4.78 is 7.82. The molecular weight excluding hydrogens is 444 g/mol. The van der Waals surface area contributed by atoms with Gasteiger partial charge >= 0.3 is 0 Å². The molecule has 0 radical (unpaired) electrons. The molecule has 32 heavy (non-hydrogen) atoms. The third-order valence-corrected chi connectivity index (χ3v) is 6.14. The van der Waals surface area contributed by atoms with E-state index < -0.39 is 0 Å². The number of hydrogen-bond acceptors (Lipinski definition) is 5. The minimum atomic E-state index is -0.0817. The van der Waals surface area contributed by atoms with Gasteiger partial charge in [0.1, 0.15) is 12.4 Å². The number of carbonyl (C=O) groups is 1. The number of carbonyl (C=O) groups excluding carboxylic acids is 1. The molecule has 0 bridgehead atoms. The summed E-state index contributed by atoms with van der Waals surface area (Å²) in [6, 6.07) is 11.5. The van der Waals surface area contributed by atoms with Crippen LogP contribution < -0.4 is 10.1 Å². The second-order valence-electron chi connectivity index (χ2n) is 7.30. The summed E-state index contributed by atoms with van der Waals surface area (Å²) >= 11 is 7.35. The lowest BCUT2D eigenvalue weighted by Crippen LogP contribution is -2.17. The fourth-order valence-electron chi connectivity index (χ4n) is 3.27. The van der Waals surface area contributed by atoms with E-state index in [1.807, 2.05) is 48.7 Å². The maximum atomic E-state index is 12.6. The SMILES string of the molecule is C=CCn1c(COc2ccc(Cl)cc2C)nnc1SCC(=O)Nc1c(C)cccc1CC. The molecule has 0 aliphatic heterocycles. The Balaban J connectivity index is 1.66. The highest BCUT2D eigenvalue weighted by molar-refractivity contribution is 7.99. The number of aryl methyl sites for hydroxylation is 3. The molecular formula is C24H27ClN4O2S. The average Bonchev–Trinajstić information content (AvgIpc) is 3.15. The Kier molecular flexibility index (Phi) is 8.36. The second-order valence-corrected chi connectivity index (χ2v) is 8.67. The summed E-state index contributed by atoms with van der Waals surface area (Å²) in [5.41, 5.74) is 4.01. The van der Waals surface area contributed by atoms with Gasteiger partial charge in [0.15, 0.2) is 11.0 Å². The van der Waals surface area contributed by atoms with Crippen LogP contribution in [0.4, 0.5) is 5.69 Å². The van der Waals surface area contributed by atoms with Crippen molar-refractivity contribution in [2.24, 2.45) is 0 Å². The van der Waals surface area contributed by atoms with Crippen LogP contribution in [0.15, 0.2) is 54.2 Å². The number of halogens is 1. The Hall–Kier alpha value is -2.77. The first kappa shape index (κ1) is 23.9. The van der Waals surface area contributed by atoms with Crippen molar-refractivity contribution < 1.29 is 9.53 Å². The van der Waals surface area contributed by atoms with Crippen molar-refractivity contribution in [1.82, 2.24) is 14.8 Å². The molecule has 0 fully saturated rings. The standard InChI is InChI=1S/C24H27ClN4O2S/c1-5-12-29-21(14-31-20-11-10-19(25)13-17(20)4)27-28-24(29)32-15-22(30)26-23-16(3)8-7-9-18(23)6-2/h5,7-11,13H,1,6,12,14-15H2,2-4H3,(H,26,30). The molecule has 3 rings (SSSR count). The zero-order chi connectivity index (χ0) is 23.1. The van der Waals surface area contributed by atoms with Crippen molar-refractivity contribution in [3.05, 3.63) is 76.6 Å². The molecule has 1 aromatic heterocycles. The number of amides is 1. The highest BCUT2D eigenvalue weighted by Crippen LogP contribution is 2.25. The first-order valence-electron chi connectivity index (χ1n) is 10.4. The molecule has 0 spiro atoms. The maximum absolute atomic E-state index is 12.6. The van der Waals surface area contributed by atoms with Crippen molar-refractivity contribution in [3.8, 4) is 5.75 Å². The van der Waals surface area contributed by atoms with Crippen molar-refractivity contribution >= 4 is 35.0 Å². The molecule has 0 aliphatic carbocycles. The van der Waals surface area contributed by atoms with Gasteiger partial charge in [-0.2, -0.15) is 0 Å². The van der Waals surface area contributed by atoms with E-state index in [-0.39, 0.29) is 18.3 Å². The van der Waals surface area contributed by atoms with Gasteiger partial charge in [0, 0.05) is 17.3 Å². The lowest BCUT2D eigenvalue weighted by Gasteiger charge is -2.13. The van der Waals surface area contributed by atoms with Gasteiger partial charge in [0.05, 0.1) is 5.75 Å². The Morgan fingerprint density at radius 3 is 2.78 bits per heavy atom. The predicted octanol–water partition coefficient (Wildman–Crippen LogP) is 5.61. The minimum absolute atomic E-state index is 0.0817. The van der Waals surface area contributed by atoms with Crippen molar-refractivity contribution in [2.45, 2.75) is 45.5 Å². The van der Waals surface area contributed by atoms with Gasteiger partial charge < -0.3 is 10.1 Å². The van der Waals surface area contributed by atoms with Crippen LogP contribution in [-0.4, -0.2) is 26.4 Å². The number of nitrogens with zero attached hydrogens (tertiary/aromatic N) is 3. The molecule has 0 saturated heterocycles. The highest BCUT2D eigenvalue weighted by Gasteiger charge is 2.15. The lowest BCUT2D eigenvalue weighted by molar-refractivity contribution is -0.113. The van der Waals surface area contributed by atoms with E-state index in [4.69, 9.17) is 16.3 Å². The largest absolute Gasteiger partial charge is 0.485 e. The van der Waals surface area contributed by atoms with Gasteiger partial charge in [-0.1, -0.05) is 54.6 Å². The molecule has 2 aromatic carbocycles. The second kappa shape index (κ2) is 11.2. The number of hydrogen-bond donors (Lipinski definition) is 1. The summed E-state index contributed by atoms with van der Waals surface area (Å²) in [7, 11) is 0. The molecule has 1 N–H and O–H groups in total. The topological polar surface area (TPSA) is 69.0 Å². The van der Waals surface area contributed by atoms with Crippen LogP contribution in [0.5, 0.6) is 5.75 Å². The molecule has 8 heteroatoms. The van der Waals surface area contributed by atoms with E-state index >= 15 is 0 Å². The van der Waals surface area contributed by atoms with E-state index in [0.29, 0.717) is 22.5 Å². The van der Waals surface area contributed by atoms with Crippen LogP contribution in [0.1, 0.15) is 29.4 Å². The number of aromatic nitrogens is 3. The monoisotopic (exact) mass is 470 g/mol. The fourth-order valence-corrected chi connectivity index (χ4v) is 4.26. The fraction of sp³-hybridized carbons (Fsp3) is 0.292. The molecule has 168 valence electrons. The first-order valence-corrected chi connectivity index (χ1v) is 11.7. The van der Waals surface area contributed by atoms with E-state index in [2.05, 4.69) is 29.0 Å². The van der Waals surface area contributed by atoms with Gasteiger partial charge in [-0.25, -0.2) is 0 Å². The number of thioether (sulfide) groups is 1. The lowest BCUT2D eigenvalue weighted by atomic mass is 10.1. The quantitative estimate of drug-likeness (QED) is 0.308. The summed E-state index contributed by atoms with van der Waals surface area (Å²) in [5.74, 6) is 1.54. The molecule has 6 nitrogen and oxygen atoms in total. The summed E-state index contributed by atoms with van der Waals surface area (Å²) in [6.07, 6.45) is 2.62. The molecule has 0 aliphatic rings. The average molecular weight is 471 g/mol. The van der Waals surface area contributed by atoms with Gasteiger partial charge in [-0.15, -0.1) is 16.8 Å². The number of rotatable bonds is 10. The molecule has 0 saturated carbocycles. The van der Waals surface area contributed by atoms with Crippen molar-refractivity contribution in [2.75, 3.05) is 11.1 Å². The molecule has 1 amide bonds. The number of anilines is 1. The Morgan fingerprint density at radius 2 is 2.06 bits per heavy atom. The summed E-state index contributed by atoms with van der Waals surface area (Å²) in [4.78, 5) is 12.6. The Labute approximate surface area is 198 Å². The maximum Gasteiger partial charge on any atom is 0.234 e. The normalized spacial score (nSPS) is 10.8. The van der Waals surface area contributed by atoms with Gasteiger partial charge in [0.2, 0.25) is 5.91 Å². The predicted molar refractivity (Wildman–Crippen MR) is 131 cm³/mol. The first-order chi connectivity index (χ1) is 15.4. The van der Waals surface area contributed by atoms with Gasteiger partial charge in [0.25, 0.3) is 0 Å². The van der Waals surface area contributed by atoms with E-state index in [1.165, 1.54) is 11.8 Å². The van der Waals surface area contributed by atoms with Gasteiger partial charge in [-0.3, -0.25) is 9.36 Å². The van der Waals surface area contributed by atoms with Crippen LogP contribution in [0.2, 0.25) is 5.02 Å². The summed E-state index contributed by atoms with van der Waals surface area (Å²) in [5, 5.41) is 12.9. The number of para-hydroxylation sites is 1. The zero-order valence-electron chi connectivity index (χ0n) is 18.5. The van der Waals surface area contributed by atoms with E-state index in [9.17, 15) is 4.79 Å². The highest BCUT2D eigenvalue weighted by atomic mass is 35.5. The number of nitrogens with one attached hydrogen (secondary N) is 1. The van der Waals surface area contributed by atoms with Crippen molar-refractivity contribution in [3.63, 3.8) is 0 Å². The van der Waals surface area contributed by atoms with E-state index in [1.54, 1.807) is 12.1 Å². The van der Waals surface area contributed by atoms with Crippen LogP contribution >= 0.6 is 23.4 Å². The third kappa shape index (κ3) is 5.93. The van der Waals surface area contributed by atoms with Crippen molar-refractivity contribution in [1.29, 1.82) is 0 Å². The van der Waals surface area contributed by atoms with Crippen LogP contribution in [0.3, 0.4) is 0 Å². The van der Waals surface area contributed by atoms with E-state index in [0.717, 1.165) is 34.5 Å². The minimum Gasteiger partial charge on any atom is -0.485 e.